The molecule has 0 aromatic heterocycles. The standard InChI is InChI=1S/C77H138O16SSi5/c1-51-44-56(86-64(53(51)3)48-65-60(50-94(80,81)59-34-32-31-33-35-59)68(83-20)66(88-65)46-58(90-96(23,24)74(7,8)9)49-84-95(21,22)73(4,5)6)39-42-61-52(2)45-55(85-61)38-36-54(78)37-41-63(91-97(25,26)75(10,11)12)70-72(93-99(29,30)77(16,17)18)71(92-98(27,28)76(13,14)15)69-62(89-70)43-40-57(87-69)47-67(79)82-19/h31-35,37,41,51,55-58,60-66,68-72H,2-3,36,38-40,42-50H2,1,4-30H3/t51-,55+,56+,57-,58+,60+,61?,62+,63+,64-,65+,66-,68-,69+,70+,71+,72-/m1/s1. The zero-order valence-corrected chi connectivity index (χ0v) is 72.7. The zero-order valence-electron chi connectivity index (χ0n) is 66.9. The van der Waals surface area contributed by atoms with Gasteiger partial charge in [-0.05, 0) is 171 Å². The molecule has 0 N–H and O–H groups in total. The first kappa shape index (κ1) is 86.1. The number of methoxy groups -OCH3 is 2. The van der Waals surface area contributed by atoms with Crippen molar-refractivity contribution in [2.24, 2.45) is 11.8 Å². The minimum atomic E-state index is -3.77. The smallest absolute Gasteiger partial charge is 0.308 e. The molecule has 0 spiro atoms. The highest BCUT2D eigenvalue weighted by Gasteiger charge is 2.59. The van der Waals surface area contributed by atoms with Crippen LogP contribution in [0.1, 0.15) is 181 Å². The number of benzene rings is 1. The lowest BCUT2D eigenvalue weighted by atomic mass is 9.83. The molecule has 5 aliphatic rings. The van der Waals surface area contributed by atoms with E-state index in [1.54, 1.807) is 37.5 Å². The lowest BCUT2D eigenvalue weighted by Gasteiger charge is -2.56. The van der Waals surface area contributed by atoms with Gasteiger partial charge in [0.1, 0.15) is 24.4 Å². The first-order valence-corrected chi connectivity index (χ1v) is 53.4. The van der Waals surface area contributed by atoms with Gasteiger partial charge >= 0.3 is 5.97 Å². The quantitative estimate of drug-likeness (QED) is 0.0307. The molecular formula is C77H138O16SSi5. The van der Waals surface area contributed by atoms with E-state index in [1.807, 2.05) is 12.1 Å². The molecule has 1 aromatic rings. The van der Waals surface area contributed by atoms with E-state index in [1.165, 1.54) is 7.11 Å². The minimum Gasteiger partial charge on any atom is -0.469 e. The van der Waals surface area contributed by atoms with Crippen molar-refractivity contribution in [1.82, 2.24) is 0 Å². The van der Waals surface area contributed by atoms with Crippen molar-refractivity contribution in [3.05, 3.63) is 66.8 Å². The highest BCUT2D eigenvalue weighted by molar-refractivity contribution is 7.91. The number of carbonyl (C=O) groups is 2. The van der Waals surface area contributed by atoms with E-state index in [2.05, 4.69) is 189 Å². The number of hydrogen-bond donors (Lipinski definition) is 0. The Kier molecular flexibility index (Phi) is 28.8. The van der Waals surface area contributed by atoms with Gasteiger partial charge in [-0.2, -0.15) is 0 Å². The van der Waals surface area contributed by atoms with Gasteiger partial charge in [0.05, 0.1) is 97.9 Å². The van der Waals surface area contributed by atoms with Gasteiger partial charge in [0.2, 0.25) is 0 Å². The highest BCUT2D eigenvalue weighted by Crippen LogP contribution is 2.49. The molecule has 99 heavy (non-hydrogen) atoms. The summed E-state index contributed by atoms with van der Waals surface area (Å²) in [6, 6.07) is 8.67. The first-order chi connectivity index (χ1) is 45.1. The van der Waals surface area contributed by atoms with Crippen LogP contribution in [0.2, 0.25) is 90.7 Å². The lowest BCUT2D eigenvalue weighted by Crippen LogP contribution is -2.69. The van der Waals surface area contributed by atoms with Crippen molar-refractivity contribution in [3.8, 4) is 0 Å². The summed E-state index contributed by atoms with van der Waals surface area (Å²) >= 11 is 0. The molecule has 1 aromatic carbocycles. The Morgan fingerprint density at radius 3 is 1.74 bits per heavy atom. The molecule has 5 fully saturated rings. The molecule has 0 radical (unpaired) electrons. The third-order valence-corrected chi connectivity index (χ3v) is 49.0. The predicted molar refractivity (Wildman–Crippen MR) is 412 cm³/mol. The normalized spacial score (nSPS) is 29.8. The second kappa shape index (κ2) is 33.1. The fraction of sp³-hybridized carbons (Fsp3) is 0.818. The van der Waals surface area contributed by atoms with E-state index in [4.69, 9.17) is 55.3 Å². The monoisotopic (exact) mass is 1490 g/mol. The molecule has 0 amide bonds. The Balaban J connectivity index is 1.19. The maximum Gasteiger partial charge on any atom is 0.308 e. The number of rotatable bonds is 30. The van der Waals surface area contributed by atoms with Crippen LogP contribution < -0.4 is 0 Å². The summed E-state index contributed by atoms with van der Waals surface area (Å²) in [6.45, 7) is 67.8. The number of fused-ring (bicyclic) bond motifs is 1. The molecule has 16 nitrogen and oxygen atoms in total. The second-order valence-corrected chi connectivity index (χ2v) is 63.3. The van der Waals surface area contributed by atoms with Crippen molar-refractivity contribution >= 4 is 63.2 Å². The Hall–Kier alpha value is -1.83. The molecule has 22 heteroatoms. The maximum atomic E-state index is 14.4. The average Bonchev–Trinajstić information content (AvgIpc) is 0.965. The van der Waals surface area contributed by atoms with Crippen LogP contribution in [0.5, 0.6) is 0 Å². The van der Waals surface area contributed by atoms with Gasteiger partial charge < -0.3 is 55.3 Å². The number of ketones is 1. The molecule has 0 saturated carbocycles. The van der Waals surface area contributed by atoms with Crippen molar-refractivity contribution in [2.75, 3.05) is 26.6 Å². The van der Waals surface area contributed by atoms with E-state index >= 15 is 0 Å². The van der Waals surface area contributed by atoms with Gasteiger partial charge in [0, 0.05) is 32.3 Å². The van der Waals surface area contributed by atoms with Crippen LogP contribution in [0.4, 0.5) is 0 Å². The Morgan fingerprint density at radius 2 is 1.18 bits per heavy atom. The van der Waals surface area contributed by atoms with Crippen LogP contribution in [0.25, 0.3) is 0 Å². The molecule has 17 atom stereocenters. The van der Waals surface area contributed by atoms with E-state index in [0.29, 0.717) is 51.6 Å². The van der Waals surface area contributed by atoms with Crippen LogP contribution in [0.15, 0.2) is 71.7 Å². The SMILES string of the molecule is C=C1C[C@H](CCC(=O)C=C[C@H](O[Si](C)(C)C(C)(C)C)[C@@H]2O[C@H]3CC[C@H](CC(=O)OC)O[C@@H]3[C@H](O[Si](C)(C)C(C)(C)C)[C@@H]2O[Si](C)(C)C(C)(C)C)OC1CC[C@H]1C[C@@H](C)C(=C)[C@@H](C[C@@H]2O[C@H](C[C@@H](CO[Si](C)(C)C(C)(C)C)O[Si](C)(C)C(C)(C)C)[C@H](OC)[C@H]2CS(=O)(=O)c2ccccc2)O1. The predicted octanol–water partition coefficient (Wildman–Crippen LogP) is 17.8. The van der Waals surface area contributed by atoms with Crippen LogP contribution in [-0.2, 0) is 74.7 Å². The molecular weight excluding hydrogens is 1350 g/mol. The number of ether oxygens (including phenoxy) is 7. The first-order valence-electron chi connectivity index (χ1n) is 37.2. The summed E-state index contributed by atoms with van der Waals surface area (Å²) in [5.74, 6) is -0.886. The van der Waals surface area contributed by atoms with Gasteiger partial charge in [-0.25, -0.2) is 8.42 Å². The maximum absolute atomic E-state index is 14.4. The summed E-state index contributed by atoms with van der Waals surface area (Å²) in [6.07, 6.45) is 3.03. The molecule has 568 valence electrons. The summed E-state index contributed by atoms with van der Waals surface area (Å²) in [5.41, 5.74) is 1.99. The van der Waals surface area contributed by atoms with Crippen molar-refractivity contribution in [1.29, 1.82) is 0 Å². The third kappa shape index (κ3) is 22.2. The van der Waals surface area contributed by atoms with Gasteiger partial charge in [-0.1, -0.05) is 148 Å². The molecule has 5 saturated heterocycles. The minimum absolute atomic E-state index is 0.00674. The van der Waals surface area contributed by atoms with E-state index in [0.717, 1.165) is 24.0 Å². The Morgan fingerprint density at radius 1 is 0.626 bits per heavy atom. The number of carbonyl (C=O) groups excluding carboxylic acids is 2. The summed E-state index contributed by atoms with van der Waals surface area (Å²) in [4.78, 5) is 27.4. The number of sulfone groups is 1. The van der Waals surface area contributed by atoms with Crippen molar-refractivity contribution in [2.45, 2.75) is 369 Å². The summed E-state index contributed by atoms with van der Waals surface area (Å²) < 4.78 is 113. The van der Waals surface area contributed by atoms with E-state index in [-0.39, 0.29) is 103 Å². The van der Waals surface area contributed by atoms with E-state index < -0.39 is 112 Å². The van der Waals surface area contributed by atoms with Crippen molar-refractivity contribution in [3.63, 3.8) is 0 Å². The molecule has 5 heterocycles. The Labute approximate surface area is 606 Å². The zero-order chi connectivity index (χ0) is 74.8. The fourth-order valence-electron chi connectivity index (χ4n) is 13.0. The van der Waals surface area contributed by atoms with Gasteiger partial charge in [0.15, 0.2) is 57.2 Å². The topological polar surface area (TPSA) is 179 Å². The summed E-state index contributed by atoms with van der Waals surface area (Å²) in [5, 5.41) is -0.559. The van der Waals surface area contributed by atoms with Crippen LogP contribution in [0.3, 0.4) is 0 Å². The van der Waals surface area contributed by atoms with E-state index in [9.17, 15) is 18.0 Å². The molecule has 6 rings (SSSR count). The van der Waals surface area contributed by atoms with Crippen molar-refractivity contribution < 1.29 is 73.3 Å². The highest BCUT2D eigenvalue weighted by atomic mass is 32.2. The van der Waals surface area contributed by atoms with Gasteiger partial charge in [-0.15, -0.1) is 0 Å². The fourth-order valence-corrected chi connectivity index (χ4v) is 21.0. The molecule has 5 aliphatic heterocycles. The molecule has 0 aliphatic carbocycles. The van der Waals surface area contributed by atoms with Gasteiger partial charge in [0.25, 0.3) is 0 Å². The summed E-state index contributed by atoms with van der Waals surface area (Å²) in [7, 11) is -12.9. The number of allylic oxidation sites excluding steroid dienone is 1. The molecule has 1 unspecified atom stereocenters. The van der Waals surface area contributed by atoms with Gasteiger partial charge in [-0.3, -0.25) is 9.59 Å². The number of hydrogen-bond acceptors (Lipinski definition) is 16. The lowest BCUT2D eigenvalue weighted by molar-refractivity contribution is -0.267. The third-order valence-electron chi connectivity index (χ3n) is 24.8. The van der Waals surface area contributed by atoms with Crippen LogP contribution >= 0.6 is 0 Å². The largest absolute Gasteiger partial charge is 0.469 e. The Bertz CT molecular complexity index is 2990. The molecule has 0 bridgehead atoms. The average molecular weight is 1490 g/mol. The second-order valence-electron chi connectivity index (χ2n) is 37.5. The van der Waals surface area contributed by atoms with Crippen LogP contribution in [0, 0.1) is 11.8 Å². The number of esters is 1. The van der Waals surface area contributed by atoms with Crippen LogP contribution in [-0.4, -0.2) is 180 Å².